The Morgan fingerprint density at radius 1 is 1.03 bits per heavy atom. The monoisotopic (exact) mass is 470 g/mol. The number of pyridine rings is 1. The first kappa shape index (κ1) is 21.0. The molecule has 0 unspecified atom stereocenters. The minimum absolute atomic E-state index is 0.0382. The zero-order valence-electron chi connectivity index (χ0n) is 14.3. The number of benzene rings is 2. The Morgan fingerprint density at radius 2 is 1.79 bits per heavy atom. The number of nitrogens with one attached hydrogen (secondary N) is 1. The van der Waals surface area contributed by atoms with Gasteiger partial charge in [-0.25, -0.2) is 8.42 Å². The molecular formula is C18H11Cl3N3O4S+. The molecule has 0 aliphatic rings. The van der Waals surface area contributed by atoms with Crippen molar-refractivity contribution in [3.05, 3.63) is 75.5 Å². The van der Waals surface area contributed by atoms with Crippen molar-refractivity contribution in [3.8, 4) is 17.6 Å². The van der Waals surface area contributed by atoms with Crippen molar-refractivity contribution in [3.63, 3.8) is 0 Å². The molecule has 0 amide bonds. The zero-order valence-corrected chi connectivity index (χ0v) is 17.4. The summed E-state index contributed by atoms with van der Waals surface area (Å²) >= 11 is 17.6. The van der Waals surface area contributed by atoms with Crippen molar-refractivity contribution in [1.29, 1.82) is 5.26 Å². The Balaban J connectivity index is 1.89. The summed E-state index contributed by atoms with van der Waals surface area (Å²) in [6, 6.07) is 11.5. The fourth-order valence-electron chi connectivity index (χ4n) is 2.36. The van der Waals surface area contributed by atoms with E-state index in [4.69, 9.17) is 39.5 Å². The van der Waals surface area contributed by atoms with Crippen molar-refractivity contribution in [2.24, 2.45) is 0 Å². The average molecular weight is 472 g/mol. The van der Waals surface area contributed by atoms with Gasteiger partial charge in [-0.15, -0.1) is 0 Å². The molecule has 2 N–H and O–H groups in total. The summed E-state index contributed by atoms with van der Waals surface area (Å²) in [6.45, 7) is 0. The van der Waals surface area contributed by atoms with Gasteiger partial charge < -0.3 is 4.74 Å². The van der Waals surface area contributed by atoms with Crippen LogP contribution in [0.25, 0.3) is 0 Å². The van der Waals surface area contributed by atoms with Gasteiger partial charge in [-0.2, -0.15) is 5.26 Å². The minimum atomic E-state index is -4.01. The molecule has 0 spiro atoms. The SMILES string of the molecule is N#Cc1cc(NS(=O)(=O)c2ccc(Cl)cc2Cl)ccc1Oc1cc(Cl)c[n+](O)c1. The van der Waals surface area contributed by atoms with Crippen molar-refractivity contribution >= 4 is 50.5 Å². The van der Waals surface area contributed by atoms with Crippen LogP contribution in [0.3, 0.4) is 0 Å². The van der Waals surface area contributed by atoms with E-state index in [-0.39, 0.29) is 37.7 Å². The van der Waals surface area contributed by atoms with Gasteiger partial charge in [0.25, 0.3) is 16.2 Å². The van der Waals surface area contributed by atoms with Gasteiger partial charge >= 0.3 is 0 Å². The number of halogens is 3. The lowest BCUT2D eigenvalue weighted by Crippen LogP contribution is -2.28. The minimum Gasteiger partial charge on any atom is -0.449 e. The number of aromatic nitrogens is 1. The van der Waals surface area contributed by atoms with Gasteiger partial charge in [0.05, 0.1) is 16.3 Å². The van der Waals surface area contributed by atoms with E-state index in [0.717, 1.165) is 0 Å². The summed E-state index contributed by atoms with van der Waals surface area (Å²) < 4.78 is 33.8. The standard InChI is InChI=1S/C18H11Cl3N3O4S/c19-12-1-4-18(16(21)7-12)29(26,27)23-14-2-3-17(11(5-14)8-22)28-15-6-13(20)9-24(25)10-15/h1-7,9-10,23,25H/q+1. The summed E-state index contributed by atoms with van der Waals surface area (Å²) in [4.78, 5) is -0.158. The Labute approximate surface area is 181 Å². The molecule has 2 aromatic carbocycles. The molecule has 29 heavy (non-hydrogen) atoms. The van der Waals surface area contributed by atoms with Gasteiger partial charge in [0.15, 0.2) is 5.75 Å². The molecule has 0 aliphatic carbocycles. The summed E-state index contributed by atoms with van der Waals surface area (Å²) in [6.07, 6.45) is 2.49. The van der Waals surface area contributed by atoms with Crippen molar-refractivity contribution < 1.29 is 23.1 Å². The molecular weight excluding hydrogens is 461 g/mol. The quantitative estimate of drug-likeness (QED) is 0.417. The van der Waals surface area contributed by atoms with E-state index in [1.54, 1.807) is 0 Å². The number of anilines is 1. The molecule has 3 aromatic rings. The van der Waals surface area contributed by atoms with E-state index >= 15 is 0 Å². The smallest absolute Gasteiger partial charge is 0.264 e. The molecule has 11 heteroatoms. The maximum Gasteiger partial charge on any atom is 0.264 e. The highest BCUT2D eigenvalue weighted by Gasteiger charge is 2.19. The van der Waals surface area contributed by atoms with Gasteiger partial charge in [0.1, 0.15) is 21.7 Å². The second kappa shape index (κ2) is 8.35. The second-order valence-corrected chi connectivity index (χ2v) is 8.61. The van der Waals surface area contributed by atoms with E-state index in [1.807, 2.05) is 6.07 Å². The van der Waals surface area contributed by atoms with Gasteiger partial charge in [0.2, 0.25) is 6.20 Å². The first-order valence-corrected chi connectivity index (χ1v) is 10.4. The maximum atomic E-state index is 12.6. The van der Waals surface area contributed by atoms with E-state index in [1.165, 1.54) is 54.9 Å². The molecule has 1 heterocycles. The Hall–Kier alpha value is -2.70. The van der Waals surface area contributed by atoms with Crippen LogP contribution < -0.4 is 14.2 Å². The maximum absolute atomic E-state index is 12.6. The highest BCUT2D eigenvalue weighted by atomic mass is 35.5. The lowest BCUT2D eigenvalue weighted by atomic mass is 10.2. The highest BCUT2D eigenvalue weighted by Crippen LogP contribution is 2.30. The Kier molecular flexibility index (Phi) is 6.05. The number of nitrogens with zero attached hydrogens (tertiary/aromatic N) is 2. The second-order valence-electron chi connectivity index (χ2n) is 5.67. The van der Waals surface area contributed by atoms with E-state index in [9.17, 15) is 18.9 Å². The number of hydrogen-bond donors (Lipinski definition) is 2. The van der Waals surface area contributed by atoms with Crippen LogP contribution in [-0.2, 0) is 10.0 Å². The van der Waals surface area contributed by atoms with Gasteiger partial charge in [-0.1, -0.05) is 34.8 Å². The van der Waals surface area contributed by atoms with Crippen LogP contribution >= 0.6 is 34.8 Å². The van der Waals surface area contributed by atoms with E-state index < -0.39 is 10.0 Å². The normalized spacial score (nSPS) is 11.0. The fraction of sp³-hybridized carbons (Fsp3) is 0. The number of ether oxygens (including phenoxy) is 1. The molecule has 0 atom stereocenters. The van der Waals surface area contributed by atoms with E-state index in [0.29, 0.717) is 9.75 Å². The van der Waals surface area contributed by atoms with Crippen molar-refractivity contribution in [2.45, 2.75) is 4.90 Å². The first-order valence-electron chi connectivity index (χ1n) is 7.79. The third-order valence-corrected chi connectivity index (χ3v) is 5.86. The zero-order chi connectivity index (χ0) is 21.2. The molecule has 0 aliphatic heterocycles. The largest absolute Gasteiger partial charge is 0.449 e. The third kappa shape index (κ3) is 5.02. The summed E-state index contributed by atoms with van der Waals surface area (Å²) in [7, 11) is -4.01. The van der Waals surface area contributed by atoms with Gasteiger partial charge in [0, 0.05) is 15.8 Å². The van der Waals surface area contributed by atoms with Crippen LogP contribution in [0.15, 0.2) is 59.8 Å². The van der Waals surface area contributed by atoms with Crippen molar-refractivity contribution in [2.75, 3.05) is 4.72 Å². The molecule has 0 fully saturated rings. The molecule has 7 nitrogen and oxygen atoms in total. The van der Waals surface area contributed by atoms with Crippen LogP contribution in [0.4, 0.5) is 5.69 Å². The predicted molar refractivity (Wildman–Crippen MR) is 107 cm³/mol. The summed E-state index contributed by atoms with van der Waals surface area (Å²) in [5, 5.41) is 19.4. The molecule has 1 aromatic heterocycles. The lowest BCUT2D eigenvalue weighted by Gasteiger charge is -2.12. The van der Waals surface area contributed by atoms with Crippen LogP contribution in [0.5, 0.6) is 11.5 Å². The van der Waals surface area contributed by atoms with Crippen molar-refractivity contribution in [1.82, 2.24) is 0 Å². The lowest BCUT2D eigenvalue weighted by molar-refractivity contribution is -0.904. The highest BCUT2D eigenvalue weighted by molar-refractivity contribution is 7.92. The molecule has 3 rings (SSSR count). The summed E-state index contributed by atoms with van der Waals surface area (Å²) in [5.41, 5.74) is 0.181. The number of sulfonamides is 1. The Morgan fingerprint density at radius 3 is 2.45 bits per heavy atom. The van der Waals surface area contributed by atoms with Crippen LogP contribution in [0.2, 0.25) is 15.1 Å². The Bertz CT molecular complexity index is 1220. The van der Waals surface area contributed by atoms with Crippen LogP contribution in [0.1, 0.15) is 5.56 Å². The van der Waals surface area contributed by atoms with Crippen LogP contribution in [0, 0.1) is 11.3 Å². The predicted octanol–water partition coefficient (Wildman–Crippen LogP) is 4.64. The average Bonchev–Trinajstić information content (AvgIpc) is 2.61. The fourth-order valence-corrected chi connectivity index (χ4v) is 4.39. The number of hydrogen-bond acceptors (Lipinski definition) is 5. The third-order valence-electron chi connectivity index (χ3n) is 3.56. The molecule has 0 bridgehead atoms. The number of nitriles is 1. The molecule has 0 saturated heterocycles. The number of rotatable bonds is 5. The first-order chi connectivity index (χ1) is 13.7. The molecule has 0 radical (unpaired) electrons. The topological polar surface area (TPSA) is 103 Å². The summed E-state index contributed by atoms with van der Waals surface area (Å²) in [5.74, 6) is 0.319. The van der Waals surface area contributed by atoms with Crippen LogP contribution in [-0.4, -0.2) is 13.6 Å². The van der Waals surface area contributed by atoms with E-state index in [2.05, 4.69) is 4.72 Å². The molecule has 148 valence electrons. The van der Waals surface area contributed by atoms with Gasteiger partial charge in [-0.3, -0.25) is 9.93 Å². The van der Waals surface area contributed by atoms with Gasteiger partial charge in [-0.05, 0) is 36.4 Å². The molecule has 0 saturated carbocycles.